The molecule has 0 aromatic heterocycles. The second-order valence-corrected chi connectivity index (χ2v) is 5.75. The fourth-order valence-electron chi connectivity index (χ4n) is 2.38. The van der Waals surface area contributed by atoms with Gasteiger partial charge in [-0.15, -0.1) is 0 Å². The highest BCUT2D eigenvalue weighted by atomic mass is 79.9. The molecule has 0 amide bonds. The molecule has 1 aliphatic heterocycles. The summed E-state index contributed by atoms with van der Waals surface area (Å²) in [6.45, 7) is 5.77. The molecule has 1 aliphatic rings. The van der Waals surface area contributed by atoms with E-state index in [2.05, 4.69) is 40.7 Å². The van der Waals surface area contributed by atoms with Crippen LogP contribution in [0, 0.1) is 5.92 Å². The zero-order valence-corrected chi connectivity index (χ0v) is 11.5. The summed E-state index contributed by atoms with van der Waals surface area (Å²) in [6.07, 6.45) is 2.61. The third-order valence-electron chi connectivity index (χ3n) is 3.40. The van der Waals surface area contributed by atoms with Gasteiger partial charge in [-0.2, -0.15) is 0 Å². The average Bonchev–Trinajstić information content (AvgIpc) is 2.22. The first-order valence-corrected chi connectivity index (χ1v) is 6.69. The number of anilines is 2. The summed E-state index contributed by atoms with van der Waals surface area (Å²) >= 11 is 3.61. The molecule has 16 heavy (non-hydrogen) atoms. The smallest absolute Gasteiger partial charge is 0.0514 e. The molecule has 1 saturated heterocycles. The molecule has 2 unspecified atom stereocenters. The van der Waals surface area contributed by atoms with Crippen LogP contribution in [0.1, 0.15) is 26.7 Å². The summed E-state index contributed by atoms with van der Waals surface area (Å²) in [4.78, 5) is 2.48. The van der Waals surface area contributed by atoms with Gasteiger partial charge in [0.25, 0.3) is 0 Å². The summed E-state index contributed by atoms with van der Waals surface area (Å²) in [5.41, 5.74) is 7.86. The summed E-state index contributed by atoms with van der Waals surface area (Å²) in [7, 11) is 0. The minimum Gasteiger partial charge on any atom is -0.399 e. The monoisotopic (exact) mass is 282 g/mol. The van der Waals surface area contributed by atoms with Gasteiger partial charge in [-0.25, -0.2) is 0 Å². The average molecular weight is 283 g/mol. The van der Waals surface area contributed by atoms with Crippen molar-refractivity contribution in [1.29, 1.82) is 0 Å². The van der Waals surface area contributed by atoms with Gasteiger partial charge in [0, 0.05) is 22.7 Å². The highest BCUT2D eigenvalue weighted by Crippen LogP contribution is 2.33. The standard InChI is InChI=1S/C13H19BrN2/c1-9-3-4-10(2)16(8-9)13-6-5-11(15)7-12(13)14/h5-7,9-10H,3-4,8,15H2,1-2H3. The van der Waals surface area contributed by atoms with Crippen LogP contribution in [0.3, 0.4) is 0 Å². The maximum atomic E-state index is 5.77. The fraction of sp³-hybridized carbons (Fsp3) is 0.538. The van der Waals surface area contributed by atoms with Crippen LogP contribution in [0.2, 0.25) is 0 Å². The van der Waals surface area contributed by atoms with Crippen molar-refractivity contribution in [3.05, 3.63) is 22.7 Å². The Labute approximate surface area is 106 Å². The van der Waals surface area contributed by atoms with Gasteiger partial charge in [0.05, 0.1) is 5.69 Å². The topological polar surface area (TPSA) is 29.3 Å². The van der Waals surface area contributed by atoms with E-state index >= 15 is 0 Å². The normalized spacial score (nSPS) is 25.8. The zero-order chi connectivity index (χ0) is 11.7. The molecule has 0 saturated carbocycles. The lowest BCUT2D eigenvalue weighted by Gasteiger charge is -2.39. The first-order chi connectivity index (χ1) is 7.58. The van der Waals surface area contributed by atoms with Crippen LogP contribution in [-0.2, 0) is 0 Å². The van der Waals surface area contributed by atoms with Gasteiger partial charge in [0.2, 0.25) is 0 Å². The lowest BCUT2D eigenvalue weighted by atomic mass is 9.94. The first-order valence-electron chi connectivity index (χ1n) is 5.89. The van der Waals surface area contributed by atoms with Gasteiger partial charge in [0.15, 0.2) is 0 Å². The van der Waals surface area contributed by atoms with Crippen molar-refractivity contribution >= 4 is 27.3 Å². The van der Waals surface area contributed by atoms with Gasteiger partial charge in [-0.05, 0) is 59.8 Å². The molecule has 2 nitrogen and oxygen atoms in total. The van der Waals surface area contributed by atoms with E-state index in [1.54, 1.807) is 0 Å². The number of hydrogen-bond acceptors (Lipinski definition) is 2. The van der Waals surface area contributed by atoms with Gasteiger partial charge >= 0.3 is 0 Å². The molecular formula is C13H19BrN2. The van der Waals surface area contributed by atoms with Crippen LogP contribution in [0.15, 0.2) is 22.7 Å². The second-order valence-electron chi connectivity index (χ2n) is 4.89. The zero-order valence-electron chi connectivity index (χ0n) is 9.91. The second kappa shape index (κ2) is 4.66. The first kappa shape index (κ1) is 11.8. The molecule has 3 heteroatoms. The molecule has 1 aromatic carbocycles. The quantitative estimate of drug-likeness (QED) is 0.797. The number of nitrogens with zero attached hydrogens (tertiary/aromatic N) is 1. The predicted octanol–water partition coefficient (Wildman–Crippen LogP) is 3.66. The van der Waals surface area contributed by atoms with Gasteiger partial charge in [-0.1, -0.05) is 6.92 Å². The van der Waals surface area contributed by atoms with Crippen molar-refractivity contribution in [3.8, 4) is 0 Å². The van der Waals surface area contributed by atoms with E-state index in [0.29, 0.717) is 6.04 Å². The third kappa shape index (κ3) is 2.34. The van der Waals surface area contributed by atoms with E-state index in [4.69, 9.17) is 5.73 Å². The Hall–Kier alpha value is -0.700. The van der Waals surface area contributed by atoms with Crippen LogP contribution >= 0.6 is 15.9 Å². The Morgan fingerprint density at radius 1 is 1.31 bits per heavy atom. The van der Waals surface area contributed by atoms with Crippen molar-refractivity contribution in [3.63, 3.8) is 0 Å². The van der Waals surface area contributed by atoms with E-state index in [0.717, 1.165) is 22.6 Å². The SMILES string of the molecule is CC1CCC(C)N(c2ccc(N)cc2Br)C1. The van der Waals surface area contributed by atoms with Crippen LogP contribution < -0.4 is 10.6 Å². The number of hydrogen-bond donors (Lipinski definition) is 1. The minimum absolute atomic E-state index is 0.621. The van der Waals surface area contributed by atoms with Crippen LogP contribution in [-0.4, -0.2) is 12.6 Å². The lowest BCUT2D eigenvalue weighted by molar-refractivity contribution is 0.390. The van der Waals surface area contributed by atoms with Crippen LogP contribution in [0.5, 0.6) is 0 Å². The molecule has 0 radical (unpaired) electrons. The molecule has 2 N–H and O–H groups in total. The molecule has 2 atom stereocenters. The van der Waals surface area contributed by atoms with Crippen molar-refractivity contribution in [2.75, 3.05) is 17.2 Å². The number of nitrogens with two attached hydrogens (primary N) is 1. The number of piperidine rings is 1. The molecule has 0 bridgehead atoms. The van der Waals surface area contributed by atoms with Crippen molar-refractivity contribution in [2.45, 2.75) is 32.7 Å². The number of rotatable bonds is 1. The molecule has 0 spiro atoms. The Kier molecular flexibility index (Phi) is 3.43. The summed E-state index contributed by atoms with van der Waals surface area (Å²) in [5.74, 6) is 0.778. The van der Waals surface area contributed by atoms with E-state index in [1.165, 1.54) is 18.5 Å². The van der Waals surface area contributed by atoms with E-state index in [9.17, 15) is 0 Å². The van der Waals surface area contributed by atoms with Crippen molar-refractivity contribution in [2.24, 2.45) is 5.92 Å². The van der Waals surface area contributed by atoms with Crippen LogP contribution in [0.4, 0.5) is 11.4 Å². The Bertz CT molecular complexity index is 378. The maximum Gasteiger partial charge on any atom is 0.0514 e. The third-order valence-corrected chi connectivity index (χ3v) is 4.03. The summed E-state index contributed by atoms with van der Waals surface area (Å²) in [6, 6.07) is 6.71. The summed E-state index contributed by atoms with van der Waals surface area (Å²) < 4.78 is 1.11. The molecule has 88 valence electrons. The highest BCUT2D eigenvalue weighted by Gasteiger charge is 2.24. The van der Waals surface area contributed by atoms with Crippen molar-refractivity contribution in [1.82, 2.24) is 0 Å². The van der Waals surface area contributed by atoms with Gasteiger partial charge in [-0.3, -0.25) is 0 Å². The van der Waals surface area contributed by atoms with Gasteiger partial charge < -0.3 is 10.6 Å². The highest BCUT2D eigenvalue weighted by molar-refractivity contribution is 9.10. The van der Waals surface area contributed by atoms with E-state index < -0.39 is 0 Å². The predicted molar refractivity (Wildman–Crippen MR) is 73.8 cm³/mol. The van der Waals surface area contributed by atoms with E-state index in [1.807, 2.05) is 12.1 Å². The Morgan fingerprint density at radius 3 is 2.75 bits per heavy atom. The molecule has 1 aromatic rings. The minimum atomic E-state index is 0.621. The lowest BCUT2D eigenvalue weighted by Crippen LogP contribution is -2.41. The van der Waals surface area contributed by atoms with Crippen LogP contribution in [0.25, 0.3) is 0 Å². The number of benzene rings is 1. The maximum absolute atomic E-state index is 5.77. The fourth-order valence-corrected chi connectivity index (χ4v) is 3.00. The molecular weight excluding hydrogens is 264 g/mol. The molecule has 1 fully saturated rings. The largest absolute Gasteiger partial charge is 0.399 e. The van der Waals surface area contributed by atoms with E-state index in [-0.39, 0.29) is 0 Å². The molecule has 0 aliphatic carbocycles. The van der Waals surface area contributed by atoms with Crippen molar-refractivity contribution < 1.29 is 0 Å². The summed E-state index contributed by atoms with van der Waals surface area (Å²) in [5, 5.41) is 0. The molecule has 1 heterocycles. The molecule has 2 rings (SSSR count). The Morgan fingerprint density at radius 2 is 2.06 bits per heavy atom. The van der Waals surface area contributed by atoms with Gasteiger partial charge in [0.1, 0.15) is 0 Å². The Balaban J connectivity index is 2.28. The number of halogens is 1. The number of nitrogen functional groups attached to an aromatic ring is 1.